The summed E-state index contributed by atoms with van der Waals surface area (Å²) in [5, 5.41) is 14.1. The van der Waals surface area contributed by atoms with Crippen LogP contribution in [0.1, 0.15) is 65.9 Å². The number of methoxy groups -OCH3 is 1. The minimum Gasteiger partial charge on any atom is -0.493 e. The highest BCUT2D eigenvalue weighted by Crippen LogP contribution is 2.33. The first-order valence-corrected chi connectivity index (χ1v) is 21.3. The maximum atomic E-state index is 13.2. The van der Waals surface area contributed by atoms with Gasteiger partial charge in [-0.05, 0) is 110 Å². The molecule has 6 aromatic rings. The molecule has 0 radical (unpaired) electrons. The van der Waals surface area contributed by atoms with Crippen molar-refractivity contribution in [3.8, 4) is 33.8 Å². The van der Waals surface area contributed by atoms with Gasteiger partial charge >= 0.3 is 12.3 Å². The van der Waals surface area contributed by atoms with Crippen molar-refractivity contribution in [3.05, 3.63) is 108 Å². The lowest BCUT2D eigenvalue weighted by atomic mass is 10.0. The number of aromatic carboxylic acids is 1. The van der Waals surface area contributed by atoms with E-state index in [1.165, 1.54) is 75.6 Å². The van der Waals surface area contributed by atoms with Crippen LogP contribution in [0.4, 0.5) is 13.2 Å². The van der Waals surface area contributed by atoms with Crippen LogP contribution in [0.15, 0.2) is 97.1 Å². The number of carbonyl (C=O) groups excluding carboxylic acids is 1. The fourth-order valence-corrected chi connectivity index (χ4v) is 8.24. The molecule has 62 heavy (non-hydrogen) atoms. The maximum Gasteiger partial charge on any atom is 0.573 e. The van der Waals surface area contributed by atoms with Crippen molar-refractivity contribution in [2.45, 2.75) is 57.3 Å². The fourth-order valence-electron chi connectivity index (χ4n) is 8.24. The Balaban J connectivity index is 0.000000213. The van der Waals surface area contributed by atoms with Crippen molar-refractivity contribution in [2.75, 3.05) is 59.6 Å². The molecule has 11 nitrogen and oxygen atoms in total. The van der Waals surface area contributed by atoms with Gasteiger partial charge in [0.2, 0.25) is 0 Å². The molecule has 328 valence electrons. The molecule has 4 heterocycles. The highest BCUT2D eigenvalue weighted by Gasteiger charge is 2.31. The Morgan fingerprint density at radius 2 is 1.31 bits per heavy atom. The molecule has 2 aliphatic heterocycles. The van der Waals surface area contributed by atoms with E-state index < -0.39 is 12.3 Å². The molecule has 1 amide bonds. The topological polar surface area (TPSA) is 132 Å². The third-order valence-corrected chi connectivity index (χ3v) is 11.5. The average Bonchev–Trinajstić information content (AvgIpc) is 3.83. The second kappa shape index (κ2) is 20.8. The van der Waals surface area contributed by atoms with Crippen LogP contribution in [0.3, 0.4) is 0 Å². The summed E-state index contributed by atoms with van der Waals surface area (Å²) < 4.78 is 51.4. The molecule has 8 rings (SSSR count). The molecule has 2 aromatic heterocycles. The number of nitrogens with zero attached hydrogens (tertiary/aromatic N) is 2. The monoisotopic (exact) mass is 853 g/mol. The number of likely N-dealkylation sites (tertiary alicyclic amines) is 2. The molecule has 0 spiro atoms. The van der Waals surface area contributed by atoms with E-state index in [-0.39, 0.29) is 23.4 Å². The van der Waals surface area contributed by atoms with E-state index in [1.807, 2.05) is 30.3 Å². The minimum atomic E-state index is -4.74. The van der Waals surface area contributed by atoms with E-state index in [9.17, 15) is 22.8 Å². The normalized spacial score (nSPS) is 15.5. The van der Waals surface area contributed by atoms with Crippen LogP contribution in [-0.4, -0.2) is 109 Å². The van der Waals surface area contributed by atoms with Crippen molar-refractivity contribution in [1.29, 1.82) is 0 Å². The van der Waals surface area contributed by atoms with Gasteiger partial charge in [-0.15, -0.1) is 13.2 Å². The van der Waals surface area contributed by atoms with Crippen molar-refractivity contribution in [2.24, 2.45) is 0 Å². The van der Waals surface area contributed by atoms with Gasteiger partial charge in [0.1, 0.15) is 22.9 Å². The number of nitrogens with one attached hydrogen (secondary N) is 3. The Morgan fingerprint density at radius 1 is 0.710 bits per heavy atom. The van der Waals surface area contributed by atoms with Gasteiger partial charge in [0.15, 0.2) is 0 Å². The number of hydrogen-bond acceptors (Lipinski definition) is 7. The highest BCUT2D eigenvalue weighted by atomic mass is 19.4. The van der Waals surface area contributed by atoms with Gasteiger partial charge in [-0.1, -0.05) is 61.4 Å². The Morgan fingerprint density at radius 3 is 1.94 bits per heavy atom. The predicted octanol–water partition coefficient (Wildman–Crippen LogP) is 9.75. The van der Waals surface area contributed by atoms with Gasteiger partial charge in [-0.3, -0.25) is 4.79 Å². The van der Waals surface area contributed by atoms with Gasteiger partial charge in [0.25, 0.3) is 5.91 Å². The van der Waals surface area contributed by atoms with Crippen LogP contribution in [0.2, 0.25) is 0 Å². The van der Waals surface area contributed by atoms with Crippen LogP contribution in [0.25, 0.3) is 44.1 Å². The average molecular weight is 854 g/mol. The number of amides is 1. The van der Waals surface area contributed by atoms with Gasteiger partial charge in [0, 0.05) is 74.2 Å². The third kappa shape index (κ3) is 12.0. The van der Waals surface area contributed by atoms with Crippen LogP contribution in [0, 0.1) is 0 Å². The Kier molecular flexibility index (Phi) is 14.9. The van der Waals surface area contributed by atoms with Crippen molar-refractivity contribution in [1.82, 2.24) is 25.1 Å². The standard InChI is InChI=1S/C32H44N4O3.C16H10F3NO3/c1-38-21-8-22-39-27-10-6-9-25(23-27)28-11-7-12-30-29(28)24-31(34-30)32(37)33-26-13-17-36(18-14-26)20-19-35-15-4-2-3-5-16-35;17-16(18,19)23-10-6-4-9(5-7-10)11-2-1-3-13-12(11)8-14(20-13)15(21)22/h6-7,9-12,23-24,26,34H,2-5,8,13-22H2,1H3,(H,33,37);1-8,20H,(H,21,22). The number of carbonyl (C=O) groups is 2. The molecular weight excluding hydrogens is 800 g/mol. The molecule has 4 N–H and O–H groups in total. The highest BCUT2D eigenvalue weighted by molar-refractivity contribution is 6.03. The van der Waals surface area contributed by atoms with Gasteiger partial charge in [-0.2, -0.15) is 0 Å². The fraction of sp³-hybridized carbons (Fsp3) is 0.375. The summed E-state index contributed by atoms with van der Waals surface area (Å²) in [7, 11) is 1.70. The zero-order chi connectivity index (χ0) is 43.5. The first kappa shape index (κ1) is 44.2. The molecule has 2 fully saturated rings. The SMILES string of the molecule is COCCCOc1cccc(-c2cccc3[nH]c(C(=O)NC4CCN(CCN5CCCCCC5)CC4)cc23)c1.O=C(O)c1cc2c(-c3ccc(OC(F)(F)F)cc3)cccc2[nH]1. The predicted molar refractivity (Wildman–Crippen MR) is 235 cm³/mol. The number of hydrogen-bond donors (Lipinski definition) is 4. The second-order valence-corrected chi connectivity index (χ2v) is 15.8. The second-order valence-electron chi connectivity index (χ2n) is 15.8. The zero-order valence-corrected chi connectivity index (χ0v) is 34.9. The van der Waals surface area contributed by atoms with Gasteiger partial charge in [0.05, 0.1) is 6.61 Å². The van der Waals surface area contributed by atoms with Crippen molar-refractivity contribution in [3.63, 3.8) is 0 Å². The number of aromatic amines is 2. The number of H-pyrrole nitrogens is 2. The maximum absolute atomic E-state index is 13.2. The molecule has 4 aromatic carbocycles. The number of halogens is 3. The molecule has 0 bridgehead atoms. The van der Waals surface area contributed by atoms with Crippen LogP contribution < -0.4 is 14.8 Å². The number of rotatable bonds is 14. The first-order valence-electron chi connectivity index (χ1n) is 21.3. The third-order valence-electron chi connectivity index (χ3n) is 11.5. The summed E-state index contributed by atoms with van der Waals surface area (Å²) in [5.74, 6) is -0.572. The number of aromatic nitrogens is 2. The quantitative estimate of drug-likeness (QED) is 0.0797. The first-order chi connectivity index (χ1) is 30.0. The number of piperidine rings is 1. The van der Waals surface area contributed by atoms with E-state index in [4.69, 9.17) is 14.6 Å². The molecule has 2 aliphatic rings. The molecule has 0 saturated carbocycles. The van der Waals surface area contributed by atoms with Crippen LogP contribution in [0.5, 0.6) is 11.5 Å². The van der Waals surface area contributed by atoms with E-state index in [0.717, 1.165) is 66.7 Å². The lowest BCUT2D eigenvalue weighted by Crippen LogP contribution is -2.46. The number of benzene rings is 4. The number of fused-ring (bicyclic) bond motifs is 2. The van der Waals surface area contributed by atoms with Crippen molar-refractivity contribution >= 4 is 33.7 Å². The Labute approximate surface area is 359 Å². The lowest BCUT2D eigenvalue weighted by Gasteiger charge is -2.33. The Hall–Kier alpha value is -5.83. The number of alkyl halides is 3. The molecule has 0 aliphatic carbocycles. The smallest absolute Gasteiger partial charge is 0.493 e. The summed E-state index contributed by atoms with van der Waals surface area (Å²) in [5.41, 5.74) is 5.79. The summed E-state index contributed by atoms with van der Waals surface area (Å²) >= 11 is 0. The van der Waals surface area contributed by atoms with E-state index >= 15 is 0 Å². The molecule has 14 heteroatoms. The Bertz CT molecular complexity index is 2400. The van der Waals surface area contributed by atoms with E-state index in [1.54, 1.807) is 25.3 Å². The summed E-state index contributed by atoms with van der Waals surface area (Å²) in [6.07, 6.45) is 3.60. The minimum absolute atomic E-state index is 0.0182. The van der Waals surface area contributed by atoms with Gasteiger partial charge < -0.3 is 44.4 Å². The molecular formula is C48H54F3N5O6. The van der Waals surface area contributed by atoms with Gasteiger partial charge in [-0.25, -0.2) is 4.79 Å². The number of ether oxygens (including phenoxy) is 3. The summed E-state index contributed by atoms with van der Waals surface area (Å²) in [6, 6.07) is 28.7. The molecule has 2 saturated heterocycles. The summed E-state index contributed by atoms with van der Waals surface area (Å²) in [6.45, 7) is 8.25. The molecule has 0 atom stereocenters. The van der Waals surface area contributed by atoms with Crippen LogP contribution >= 0.6 is 0 Å². The zero-order valence-electron chi connectivity index (χ0n) is 34.9. The number of carboxylic acid groups (broad SMARTS) is 1. The largest absolute Gasteiger partial charge is 0.573 e. The van der Waals surface area contributed by atoms with Crippen molar-refractivity contribution < 1.29 is 42.1 Å². The number of carboxylic acids is 1. The van der Waals surface area contributed by atoms with E-state index in [2.05, 4.69) is 48.0 Å². The molecule has 0 unspecified atom stereocenters. The van der Waals surface area contributed by atoms with Crippen LogP contribution in [-0.2, 0) is 4.74 Å². The lowest BCUT2D eigenvalue weighted by molar-refractivity contribution is -0.274. The van der Waals surface area contributed by atoms with E-state index in [0.29, 0.717) is 40.9 Å². The summed E-state index contributed by atoms with van der Waals surface area (Å²) in [4.78, 5) is 35.6.